The van der Waals surface area contributed by atoms with Gasteiger partial charge in [0.1, 0.15) is 5.78 Å². The van der Waals surface area contributed by atoms with E-state index < -0.39 is 0 Å². The molecule has 0 bridgehead atoms. The number of Topliss-reactive ketones (excluding diaryl/α,β-unsaturated/α-hetero) is 1. The van der Waals surface area contributed by atoms with E-state index in [-0.39, 0.29) is 0 Å². The molecule has 0 aliphatic heterocycles. The van der Waals surface area contributed by atoms with Gasteiger partial charge in [0.15, 0.2) is 0 Å². The lowest BCUT2D eigenvalue weighted by Crippen LogP contribution is -2.39. The van der Waals surface area contributed by atoms with Crippen molar-refractivity contribution in [3.63, 3.8) is 0 Å². The Hall–Kier alpha value is -0.590. The Labute approximate surface area is 85.6 Å². The summed E-state index contributed by atoms with van der Waals surface area (Å²) in [6.45, 7) is 0. The van der Waals surface area contributed by atoms with Crippen molar-refractivity contribution in [1.29, 1.82) is 0 Å². The molecule has 0 radical (unpaired) electrons. The van der Waals surface area contributed by atoms with E-state index in [4.69, 9.17) is 0 Å². The zero-order valence-corrected chi connectivity index (χ0v) is 8.67. The van der Waals surface area contributed by atoms with E-state index in [1.807, 2.05) is 0 Å². The first-order valence-corrected chi connectivity index (χ1v) is 6.02. The molecule has 0 aromatic rings. The van der Waals surface area contributed by atoms with Crippen molar-refractivity contribution in [2.24, 2.45) is 17.3 Å². The molecule has 2 fully saturated rings. The zero-order valence-electron chi connectivity index (χ0n) is 8.67. The molecule has 3 atom stereocenters. The molecule has 1 nitrogen and oxygen atoms in total. The van der Waals surface area contributed by atoms with Crippen LogP contribution in [-0.2, 0) is 4.79 Å². The number of allylic oxidation sites excluding steroid dienone is 2. The summed E-state index contributed by atoms with van der Waals surface area (Å²) in [5.74, 6) is 1.69. The van der Waals surface area contributed by atoms with Gasteiger partial charge in [0.2, 0.25) is 0 Å². The summed E-state index contributed by atoms with van der Waals surface area (Å²) in [5, 5.41) is 0. The summed E-state index contributed by atoms with van der Waals surface area (Å²) in [6, 6.07) is 0. The summed E-state index contributed by atoms with van der Waals surface area (Å²) < 4.78 is 0. The highest BCUT2D eigenvalue weighted by Gasteiger charge is 2.52. The van der Waals surface area contributed by atoms with Gasteiger partial charge < -0.3 is 0 Å². The van der Waals surface area contributed by atoms with Crippen LogP contribution in [0.1, 0.15) is 44.9 Å². The molecular weight excluding hydrogens is 172 g/mol. The monoisotopic (exact) mass is 190 g/mol. The number of rotatable bonds is 0. The van der Waals surface area contributed by atoms with E-state index in [1.165, 1.54) is 32.1 Å². The molecule has 2 saturated carbocycles. The topological polar surface area (TPSA) is 17.1 Å². The van der Waals surface area contributed by atoms with Crippen LogP contribution in [0.3, 0.4) is 0 Å². The standard InChI is InChI=1S/C13H18O/c14-12-7-9-13-8-2-1-4-10(13)5-3-6-11(12)13/h3,5,10-11H,1-2,4,6-9H2/t10-,11-,13-/m1/s1. The molecule has 0 heterocycles. The average Bonchev–Trinajstić information content (AvgIpc) is 2.55. The SMILES string of the molecule is O=C1CC[C@]23CCCC[C@@H]2C=CC[C@H]13. The van der Waals surface area contributed by atoms with Gasteiger partial charge in [0.05, 0.1) is 0 Å². The molecule has 14 heavy (non-hydrogen) atoms. The lowest BCUT2D eigenvalue weighted by molar-refractivity contribution is -0.123. The van der Waals surface area contributed by atoms with Gasteiger partial charge in [-0.3, -0.25) is 4.79 Å². The lowest BCUT2D eigenvalue weighted by Gasteiger charge is -2.46. The fourth-order valence-electron chi connectivity index (χ4n) is 4.09. The third kappa shape index (κ3) is 0.986. The quantitative estimate of drug-likeness (QED) is 0.536. The molecule has 1 spiro atoms. The smallest absolute Gasteiger partial charge is 0.136 e. The Morgan fingerprint density at radius 1 is 1.29 bits per heavy atom. The van der Waals surface area contributed by atoms with Gasteiger partial charge in [-0.05, 0) is 37.0 Å². The first kappa shape index (κ1) is 8.70. The number of carbonyl (C=O) groups is 1. The van der Waals surface area contributed by atoms with Crippen molar-refractivity contribution >= 4 is 5.78 Å². The highest BCUT2D eigenvalue weighted by Crippen LogP contribution is 2.57. The van der Waals surface area contributed by atoms with Crippen LogP contribution in [-0.4, -0.2) is 5.78 Å². The Balaban J connectivity index is 2.00. The van der Waals surface area contributed by atoms with Crippen LogP contribution in [0.25, 0.3) is 0 Å². The molecular formula is C13H18O. The minimum atomic E-state index is 0.401. The summed E-state index contributed by atoms with van der Waals surface area (Å²) in [7, 11) is 0. The molecule has 3 aliphatic carbocycles. The summed E-state index contributed by atoms with van der Waals surface area (Å²) in [4.78, 5) is 11.8. The predicted molar refractivity (Wildman–Crippen MR) is 55.9 cm³/mol. The van der Waals surface area contributed by atoms with Crippen molar-refractivity contribution in [3.05, 3.63) is 12.2 Å². The second-order valence-electron chi connectivity index (χ2n) is 5.27. The van der Waals surface area contributed by atoms with E-state index in [2.05, 4.69) is 12.2 Å². The van der Waals surface area contributed by atoms with E-state index in [9.17, 15) is 4.79 Å². The van der Waals surface area contributed by atoms with Crippen LogP contribution in [0.15, 0.2) is 12.2 Å². The van der Waals surface area contributed by atoms with E-state index in [0.29, 0.717) is 17.1 Å². The summed E-state index contributed by atoms with van der Waals surface area (Å²) >= 11 is 0. The molecule has 3 aliphatic rings. The zero-order chi connectivity index (χ0) is 9.60. The van der Waals surface area contributed by atoms with E-state index in [0.717, 1.165) is 18.8 Å². The average molecular weight is 190 g/mol. The Kier molecular flexibility index (Phi) is 1.83. The molecule has 0 saturated heterocycles. The second kappa shape index (κ2) is 2.95. The van der Waals surface area contributed by atoms with E-state index >= 15 is 0 Å². The largest absolute Gasteiger partial charge is 0.299 e. The predicted octanol–water partition coefficient (Wildman–Crippen LogP) is 3.10. The maximum Gasteiger partial charge on any atom is 0.136 e. The van der Waals surface area contributed by atoms with Crippen LogP contribution in [0, 0.1) is 17.3 Å². The highest BCUT2D eigenvalue weighted by atomic mass is 16.1. The van der Waals surface area contributed by atoms with Crippen molar-refractivity contribution in [3.8, 4) is 0 Å². The molecule has 1 heteroatoms. The molecule has 0 aromatic heterocycles. The first-order chi connectivity index (χ1) is 6.83. The fraction of sp³-hybridized carbons (Fsp3) is 0.769. The number of carbonyl (C=O) groups excluding carboxylic acids is 1. The Bertz CT molecular complexity index is 292. The van der Waals surface area contributed by atoms with Gasteiger partial charge in [0, 0.05) is 12.3 Å². The van der Waals surface area contributed by atoms with Crippen LogP contribution in [0.2, 0.25) is 0 Å². The van der Waals surface area contributed by atoms with Crippen LogP contribution in [0.4, 0.5) is 0 Å². The number of hydrogen-bond acceptors (Lipinski definition) is 1. The number of hydrogen-bond donors (Lipinski definition) is 0. The van der Waals surface area contributed by atoms with Crippen molar-refractivity contribution in [2.45, 2.75) is 44.9 Å². The number of ketones is 1. The second-order valence-corrected chi connectivity index (χ2v) is 5.27. The van der Waals surface area contributed by atoms with Crippen molar-refractivity contribution < 1.29 is 4.79 Å². The molecule has 0 N–H and O–H groups in total. The summed E-state index contributed by atoms with van der Waals surface area (Å²) in [6.07, 6.45) is 13.1. The van der Waals surface area contributed by atoms with E-state index in [1.54, 1.807) is 0 Å². The normalized spacial score (nSPS) is 46.1. The van der Waals surface area contributed by atoms with Gasteiger partial charge in [0.25, 0.3) is 0 Å². The van der Waals surface area contributed by atoms with Gasteiger partial charge in [-0.2, -0.15) is 0 Å². The van der Waals surface area contributed by atoms with Crippen LogP contribution < -0.4 is 0 Å². The van der Waals surface area contributed by atoms with Crippen molar-refractivity contribution in [1.82, 2.24) is 0 Å². The van der Waals surface area contributed by atoms with Crippen LogP contribution in [0.5, 0.6) is 0 Å². The van der Waals surface area contributed by atoms with Gasteiger partial charge in [-0.1, -0.05) is 25.0 Å². The van der Waals surface area contributed by atoms with Gasteiger partial charge in [-0.25, -0.2) is 0 Å². The lowest BCUT2D eigenvalue weighted by atomic mass is 9.58. The Morgan fingerprint density at radius 3 is 3.14 bits per heavy atom. The van der Waals surface area contributed by atoms with Gasteiger partial charge >= 0.3 is 0 Å². The minimum Gasteiger partial charge on any atom is -0.299 e. The molecule has 0 amide bonds. The Morgan fingerprint density at radius 2 is 2.21 bits per heavy atom. The highest BCUT2D eigenvalue weighted by molar-refractivity contribution is 5.84. The minimum absolute atomic E-state index is 0.401. The maximum atomic E-state index is 11.8. The molecule has 0 unspecified atom stereocenters. The molecule has 0 aromatic carbocycles. The van der Waals surface area contributed by atoms with Crippen molar-refractivity contribution in [2.75, 3.05) is 0 Å². The summed E-state index contributed by atoms with van der Waals surface area (Å²) in [5.41, 5.74) is 0.421. The van der Waals surface area contributed by atoms with Gasteiger partial charge in [-0.15, -0.1) is 0 Å². The van der Waals surface area contributed by atoms with Crippen LogP contribution >= 0.6 is 0 Å². The first-order valence-electron chi connectivity index (χ1n) is 6.02. The fourth-order valence-corrected chi connectivity index (χ4v) is 4.09. The maximum absolute atomic E-state index is 11.8. The molecule has 3 rings (SSSR count). The molecule has 76 valence electrons. The third-order valence-electron chi connectivity index (χ3n) is 4.81. The third-order valence-corrected chi connectivity index (χ3v) is 4.81.